The maximum absolute atomic E-state index is 12.9. The van der Waals surface area contributed by atoms with E-state index >= 15 is 0 Å². The van der Waals surface area contributed by atoms with Gasteiger partial charge in [0, 0.05) is 0 Å². The third-order valence-electron chi connectivity index (χ3n) is 5.31. The van der Waals surface area contributed by atoms with Crippen molar-refractivity contribution in [3.8, 4) is 11.5 Å². The minimum absolute atomic E-state index is 0.260. The smallest absolute Gasteiger partial charge is 0.327 e. The van der Waals surface area contributed by atoms with Gasteiger partial charge >= 0.3 is 5.97 Å². The number of ether oxygens (including phenoxy) is 2. The molecule has 1 heterocycles. The van der Waals surface area contributed by atoms with E-state index in [0.717, 1.165) is 30.2 Å². The number of hydrogen-bond donors (Lipinski definition) is 1. The molecule has 1 aromatic carbocycles. The highest BCUT2D eigenvalue weighted by atomic mass is 32.2. The van der Waals surface area contributed by atoms with Crippen LogP contribution >= 0.6 is 24.0 Å². The fraction of sp³-hybridized carbons (Fsp3) is 0.560. The molecule has 1 aliphatic rings. The van der Waals surface area contributed by atoms with Gasteiger partial charge in [-0.25, -0.2) is 4.79 Å². The molecule has 0 bridgehead atoms. The van der Waals surface area contributed by atoms with E-state index in [4.69, 9.17) is 21.7 Å². The van der Waals surface area contributed by atoms with Crippen molar-refractivity contribution in [2.45, 2.75) is 72.3 Å². The molecule has 0 aromatic heterocycles. The summed E-state index contributed by atoms with van der Waals surface area (Å²) in [7, 11) is 0. The maximum Gasteiger partial charge on any atom is 0.327 e. The van der Waals surface area contributed by atoms with Crippen LogP contribution in [0.15, 0.2) is 23.1 Å². The molecule has 0 aliphatic carbocycles. The van der Waals surface area contributed by atoms with E-state index in [2.05, 4.69) is 6.92 Å². The first-order valence-electron chi connectivity index (χ1n) is 11.7. The summed E-state index contributed by atoms with van der Waals surface area (Å²) < 4.78 is 12.0. The van der Waals surface area contributed by atoms with Crippen molar-refractivity contribution in [1.29, 1.82) is 0 Å². The first-order valence-corrected chi connectivity index (χ1v) is 12.9. The molecule has 2 rings (SSSR count). The number of carboxylic acids is 1. The normalized spacial score (nSPS) is 16.0. The molecular formula is C25H35NO5S2. The fourth-order valence-corrected chi connectivity index (χ4v) is 4.96. The Kier molecular flexibility index (Phi) is 11.2. The Bertz CT molecular complexity index is 868. The van der Waals surface area contributed by atoms with Gasteiger partial charge in [0.05, 0.1) is 18.1 Å². The van der Waals surface area contributed by atoms with Gasteiger partial charge < -0.3 is 14.6 Å². The Morgan fingerprint density at radius 1 is 1.12 bits per heavy atom. The van der Waals surface area contributed by atoms with E-state index in [-0.39, 0.29) is 16.1 Å². The lowest BCUT2D eigenvalue weighted by molar-refractivity contribution is -0.146. The zero-order valence-corrected chi connectivity index (χ0v) is 21.6. The summed E-state index contributed by atoms with van der Waals surface area (Å²) in [5, 5.41) is 9.57. The quantitative estimate of drug-likeness (QED) is 0.190. The lowest BCUT2D eigenvalue weighted by Gasteiger charge is -2.26. The van der Waals surface area contributed by atoms with E-state index in [9.17, 15) is 14.7 Å². The molecule has 8 heteroatoms. The van der Waals surface area contributed by atoms with Gasteiger partial charge in [-0.05, 0) is 43.0 Å². The van der Waals surface area contributed by atoms with Crippen LogP contribution in [0.5, 0.6) is 11.5 Å². The van der Waals surface area contributed by atoms with Crippen LogP contribution in [0.2, 0.25) is 0 Å². The van der Waals surface area contributed by atoms with Crippen molar-refractivity contribution in [3.63, 3.8) is 0 Å². The molecule has 0 saturated carbocycles. The predicted octanol–water partition coefficient (Wildman–Crippen LogP) is 6.14. The van der Waals surface area contributed by atoms with Gasteiger partial charge in [-0.1, -0.05) is 82.9 Å². The molecule has 1 aromatic rings. The van der Waals surface area contributed by atoms with Gasteiger partial charge in [0.1, 0.15) is 10.4 Å². The van der Waals surface area contributed by atoms with Crippen LogP contribution in [-0.4, -0.2) is 45.5 Å². The molecule has 33 heavy (non-hydrogen) atoms. The van der Waals surface area contributed by atoms with Crippen LogP contribution in [0.4, 0.5) is 0 Å². The third-order valence-corrected chi connectivity index (χ3v) is 6.64. The van der Waals surface area contributed by atoms with Crippen molar-refractivity contribution in [2.75, 3.05) is 13.2 Å². The molecule has 182 valence electrons. The summed E-state index contributed by atoms with van der Waals surface area (Å²) in [5.41, 5.74) is 0.766. The van der Waals surface area contributed by atoms with Crippen molar-refractivity contribution < 1.29 is 24.2 Å². The monoisotopic (exact) mass is 493 g/mol. The largest absolute Gasteiger partial charge is 0.490 e. The van der Waals surface area contributed by atoms with Gasteiger partial charge in [0.25, 0.3) is 5.91 Å². The molecule has 1 fully saturated rings. The topological polar surface area (TPSA) is 76.1 Å². The third kappa shape index (κ3) is 7.74. The van der Waals surface area contributed by atoms with Crippen molar-refractivity contribution >= 4 is 46.3 Å². The molecule has 0 radical (unpaired) electrons. The number of thioether (sulfide) groups is 1. The number of aliphatic carboxylic acids is 1. The summed E-state index contributed by atoms with van der Waals surface area (Å²) in [6.45, 7) is 8.78. The summed E-state index contributed by atoms with van der Waals surface area (Å²) in [5.74, 6) is -0.406. The van der Waals surface area contributed by atoms with E-state index in [1.165, 1.54) is 30.6 Å². The van der Waals surface area contributed by atoms with E-state index in [1.54, 1.807) is 19.9 Å². The van der Waals surface area contributed by atoms with Crippen LogP contribution < -0.4 is 9.47 Å². The summed E-state index contributed by atoms with van der Waals surface area (Å²) in [6.07, 6.45) is 8.89. The highest BCUT2D eigenvalue weighted by Gasteiger charge is 2.41. The van der Waals surface area contributed by atoms with Crippen LogP contribution in [0.1, 0.15) is 71.8 Å². The SMILES string of the molecule is CCCCCCCCOc1ccc(C=C2SC(=S)N(C(C(=O)O)C(C)C)C2=O)cc1OCC. The number of hydrogen-bond acceptors (Lipinski definition) is 6. The Labute approximate surface area is 206 Å². The minimum atomic E-state index is -1.06. The summed E-state index contributed by atoms with van der Waals surface area (Å²) in [6, 6.07) is 4.56. The molecule has 1 aliphatic heterocycles. The van der Waals surface area contributed by atoms with Crippen LogP contribution in [0.3, 0.4) is 0 Å². The second-order valence-corrected chi connectivity index (χ2v) is 10.0. The highest BCUT2D eigenvalue weighted by molar-refractivity contribution is 8.26. The van der Waals surface area contributed by atoms with Gasteiger partial charge in [0.2, 0.25) is 0 Å². The standard InChI is InChI=1S/C25H35NO5S2/c1-5-7-8-9-10-11-14-31-19-13-12-18(15-20(19)30-6-2)16-21-23(27)26(25(32)33-21)22(17(3)4)24(28)29/h12-13,15-17,22H,5-11,14H2,1-4H3,(H,28,29). The second-order valence-electron chi connectivity index (χ2n) is 8.33. The molecule has 1 unspecified atom stereocenters. The van der Waals surface area contributed by atoms with Crippen molar-refractivity contribution in [2.24, 2.45) is 5.92 Å². The predicted molar refractivity (Wildman–Crippen MR) is 138 cm³/mol. The Morgan fingerprint density at radius 3 is 2.45 bits per heavy atom. The fourth-order valence-electron chi connectivity index (χ4n) is 3.63. The molecule has 1 N–H and O–H groups in total. The number of benzene rings is 1. The van der Waals surface area contributed by atoms with E-state index in [0.29, 0.717) is 29.6 Å². The first-order chi connectivity index (χ1) is 15.8. The van der Waals surface area contributed by atoms with Crippen LogP contribution in [0.25, 0.3) is 6.08 Å². The molecule has 1 amide bonds. The van der Waals surface area contributed by atoms with Gasteiger partial charge in [-0.15, -0.1) is 0 Å². The lowest BCUT2D eigenvalue weighted by Crippen LogP contribution is -2.47. The second kappa shape index (κ2) is 13.6. The summed E-state index contributed by atoms with van der Waals surface area (Å²) >= 11 is 6.45. The maximum atomic E-state index is 12.9. The highest BCUT2D eigenvalue weighted by Crippen LogP contribution is 2.37. The number of carboxylic acid groups (broad SMARTS) is 1. The summed E-state index contributed by atoms with van der Waals surface area (Å²) in [4.78, 5) is 26.3. The zero-order valence-electron chi connectivity index (χ0n) is 20.0. The molecular weight excluding hydrogens is 458 g/mol. The van der Waals surface area contributed by atoms with E-state index in [1.807, 2.05) is 25.1 Å². The number of amides is 1. The van der Waals surface area contributed by atoms with Crippen molar-refractivity contribution in [1.82, 2.24) is 4.90 Å². The number of carbonyl (C=O) groups excluding carboxylic acids is 1. The Balaban J connectivity index is 2.11. The van der Waals surface area contributed by atoms with Gasteiger partial charge in [-0.2, -0.15) is 0 Å². The Morgan fingerprint density at radius 2 is 1.82 bits per heavy atom. The lowest BCUT2D eigenvalue weighted by atomic mass is 10.0. The number of thiocarbonyl (C=S) groups is 1. The average molecular weight is 494 g/mol. The number of rotatable bonds is 14. The van der Waals surface area contributed by atoms with Crippen LogP contribution in [0, 0.1) is 5.92 Å². The molecule has 0 spiro atoms. The number of unbranched alkanes of at least 4 members (excludes halogenated alkanes) is 5. The Hall–Kier alpha value is -2.06. The molecule has 6 nitrogen and oxygen atoms in total. The minimum Gasteiger partial charge on any atom is -0.490 e. The van der Waals surface area contributed by atoms with E-state index < -0.39 is 12.0 Å². The number of nitrogens with zero attached hydrogens (tertiary/aromatic N) is 1. The molecule has 1 atom stereocenters. The average Bonchev–Trinajstić information content (AvgIpc) is 3.02. The first kappa shape index (κ1) is 27.2. The van der Waals surface area contributed by atoms with Gasteiger partial charge in [-0.3, -0.25) is 9.69 Å². The van der Waals surface area contributed by atoms with Crippen LogP contribution in [-0.2, 0) is 9.59 Å². The zero-order chi connectivity index (χ0) is 24.4. The number of carbonyl (C=O) groups is 2. The van der Waals surface area contributed by atoms with Crippen molar-refractivity contribution in [3.05, 3.63) is 28.7 Å². The molecule has 1 saturated heterocycles. The van der Waals surface area contributed by atoms with Gasteiger partial charge in [0.15, 0.2) is 11.5 Å².